The molecule has 2 N–H and O–H groups in total. The van der Waals surface area contributed by atoms with Gasteiger partial charge in [0.15, 0.2) is 0 Å². The molecule has 1 rings (SSSR count). The molecule has 1 aromatic carbocycles. The maximum absolute atomic E-state index is 11.2. The van der Waals surface area contributed by atoms with Crippen LogP contribution in [0.5, 0.6) is 0 Å². The van der Waals surface area contributed by atoms with Gasteiger partial charge in [0, 0.05) is 12.2 Å². The SMILES string of the molecule is COC(=O)c1ccc(NCCOCCO)cc1. The monoisotopic (exact) mass is 239 g/mol. The number of esters is 1. The van der Waals surface area contributed by atoms with E-state index in [1.807, 2.05) is 0 Å². The average molecular weight is 239 g/mol. The molecule has 0 aromatic heterocycles. The first kappa shape index (κ1) is 13.5. The summed E-state index contributed by atoms with van der Waals surface area (Å²) in [5, 5.41) is 11.6. The smallest absolute Gasteiger partial charge is 0.337 e. The highest BCUT2D eigenvalue weighted by atomic mass is 16.5. The number of aliphatic hydroxyl groups excluding tert-OH is 1. The third-order valence-electron chi connectivity index (χ3n) is 2.12. The Kier molecular flexibility index (Phi) is 6.06. The fourth-order valence-electron chi connectivity index (χ4n) is 1.28. The molecule has 0 saturated carbocycles. The lowest BCUT2D eigenvalue weighted by molar-refractivity contribution is 0.0601. The summed E-state index contributed by atoms with van der Waals surface area (Å²) in [5.74, 6) is -0.345. The summed E-state index contributed by atoms with van der Waals surface area (Å²) in [5.41, 5.74) is 1.43. The van der Waals surface area contributed by atoms with E-state index in [0.29, 0.717) is 25.3 Å². The molecule has 5 nitrogen and oxygen atoms in total. The van der Waals surface area contributed by atoms with Crippen LogP contribution in [0.1, 0.15) is 10.4 Å². The minimum absolute atomic E-state index is 0.0355. The molecule has 0 aliphatic rings. The normalized spacial score (nSPS) is 10.0. The van der Waals surface area contributed by atoms with Crippen LogP contribution in [0.4, 0.5) is 5.69 Å². The largest absolute Gasteiger partial charge is 0.465 e. The van der Waals surface area contributed by atoms with Crippen LogP contribution in [0.3, 0.4) is 0 Å². The van der Waals surface area contributed by atoms with Gasteiger partial charge >= 0.3 is 5.97 Å². The van der Waals surface area contributed by atoms with Crippen LogP contribution in [0.15, 0.2) is 24.3 Å². The Morgan fingerprint density at radius 1 is 1.29 bits per heavy atom. The van der Waals surface area contributed by atoms with Crippen molar-refractivity contribution in [1.82, 2.24) is 0 Å². The molecular weight excluding hydrogens is 222 g/mol. The zero-order valence-electron chi connectivity index (χ0n) is 9.81. The molecule has 0 saturated heterocycles. The molecule has 0 unspecified atom stereocenters. The topological polar surface area (TPSA) is 67.8 Å². The summed E-state index contributed by atoms with van der Waals surface area (Å²) in [4.78, 5) is 11.2. The standard InChI is InChI=1S/C12H17NO4/c1-16-12(15)10-2-4-11(5-3-10)13-6-8-17-9-7-14/h2-5,13-14H,6-9H2,1H3. The van der Waals surface area contributed by atoms with Gasteiger partial charge in [0.1, 0.15) is 0 Å². The Morgan fingerprint density at radius 3 is 2.59 bits per heavy atom. The maximum atomic E-state index is 11.2. The second-order valence-electron chi connectivity index (χ2n) is 3.33. The lowest BCUT2D eigenvalue weighted by Gasteiger charge is -2.07. The molecule has 0 atom stereocenters. The summed E-state index contributed by atoms with van der Waals surface area (Å²) in [6.45, 7) is 1.56. The van der Waals surface area contributed by atoms with Gasteiger partial charge in [-0.1, -0.05) is 0 Å². The second-order valence-corrected chi connectivity index (χ2v) is 3.33. The highest BCUT2D eigenvalue weighted by Gasteiger charge is 2.03. The van der Waals surface area contributed by atoms with Crippen molar-refractivity contribution < 1.29 is 19.4 Å². The predicted molar refractivity (Wildman–Crippen MR) is 64.2 cm³/mol. The van der Waals surface area contributed by atoms with Gasteiger partial charge in [0.2, 0.25) is 0 Å². The van der Waals surface area contributed by atoms with E-state index < -0.39 is 0 Å². The number of rotatable bonds is 7. The molecule has 0 spiro atoms. The first-order chi connectivity index (χ1) is 8.27. The fourth-order valence-corrected chi connectivity index (χ4v) is 1.28. The quantitative estimate of drug-likeness (QED) is 0.546. The summed E-state index contributed by atoms with van der Waals surface area (Å²) in [7, 11) is 1.35. The Labute approximate surface area is 100 Å². The van der Waals surface area contributed by atoms with E-state index in [0.717, 1.165) is 5.69 Å². The summed E-state index contributed by atoms with van der Waals surface area (Å²) >= 11 is 0. The summed E-state index contributed by atoms with van der Waals surface area (Å²) in [6, 6.07) is 7.00. The van der Waals surface area contributed by atoms with Gasteiger partial charge in [0.25, 0.3) is 0 Å². The number of ether oxygens (including phenoxy) is 2. The lowest BCUT2D eigenvalue weighted by atomic mass is 10.2. The average Bonchev–Trinajstić information content (AvgIpc) is 2.38. The number of nitrogens with one attached hydrogen (secondary N) is 1. The van der Waals surface area contributed by atoms with Crippen molar-refractivity contribution in [2.24, 2.45) is 0 Å². The minimum atomic E-state index is -0.345. The van der Waals surface area contributed by atoms with Crippen LogP contribution in [0.25, 0.3) is 0 Å². The Hall–Kier alpha value is -1.59. The van der Waals surface area contributed by atoms with E-state index >= 15 is 0 Å². The molecule has 0 fully saturated rings. The number of methoxy groups -OCH3 is 1. The maximum Gasteiger partial charge on any atom is 0.337 e. The molecule has 94 valence electrons. The van der Waals surface area contributed by atoms with Crippen LogP contribution in [-0.2, 0) is 9.47 Å². The van der Waals surface area contributed by atoms with E-state index in [9.17, 15) is 4.79 Å². The molecular formula is C12H17NO4. The van der Waals surface area contributed by atoms with Crippen molar-refractivity contribution in [3.8, 4) is 0 Å². The first-order valence-corrected chi connectivity index (χ1v) is 5.38. The second kappa shape index (κ2) is 7.65. The van der Waals surface area contributed by atoms with E-state index in [-0.39, 0.29) is 12.6 Å². The molecule has 5 heteroatoms. The predicted octanol–water partition coefficient (Wildman–Crippen LogP) is 0.894. The number of aliphatic hydroxyl groups is 1. The lowest BCUT2D eigenvalue weighted by Crippen LogP contribution is -2.11. The highest BCUT2D eigenvalue weighted by Crippen LogP contribution is 2.09. The van der Waals surface area contributed by atoms with Crippen LogP contribution in [-0.4, -0.2) is 44.6 Å². The Balaban J connectivity index is 2.33. The molecule has 1 aromatic rings. The zero-order valence-corrected chi connectivity index (χ0v) is 9.81. The van der Waals surface area contributed by atoms with Crippen LogP contribution in [0, 0.1) is 0 Å². The van der Waals surface area contributed by atoms with Gasteiger partial charge in [-0.05, 0) is 24.3 Å². The fraction of sp³-hybridized carbons (Fsp3) is 0.417. The van der Waals surface area contributed by atoms with Gasteiger partial charge < -0.3 is 19.9 Å². The molecule has 0 aliphatic carbocycles. The van der Waals surface area contributed by atoms with Gasteiger partial charge in [-0.15, -0.1) is 0 Å². The van der Waals surface area contributed by atoms with Crippen molar-refractivity contribution in [2.75, 3.05) is 38.8 Å². The van der Waals surface area contributed by atoms with Crippen molar-refractivity contribution in [3.63, 3.8) is 0 Å². The Morgan fingerprint density at radius 2 is 2.00 bits per heavy atom. The number of hydrogen-bond acceptors (Lipinski definition) is 5. The van der Waals surface area contributed by atoms with Crippen LogP contribution >= 0.6 is 0 Å². The first-order valence-electron chi connectivity index (χ1n) is 5.38. The highest BCUT2D eigenvalue weighted by molar-refractivity contribution is 5.89. The van der Waals surface area contributed by atoms with E-state index in [1.165, 1.54) is 7.11 Å². The minimum Gasteiger partial charge on any atom is -0.465 e. The van der Waals surface area contributed by atoms with Gasteiger partial charge in [-0.3, -0.25) is 0 Å². The molecule has 0 heterocycles. The number of anilines is 1. The van der Waals surface area contributed by atoms with Gasteiger partial charge in [0.05, 0.1) is 32.5 Å². The summed E-state index contributed by atoms with van der Waals surface area (Å²) in [6.07, 6.45) is 0. The van der Waals surface area contributed by atoms with Crippen LogP contribution in [0.2, 0.25) is 0 Å². The van der Waals surface area contributed by atoms with E-state index in [1.54, 1.807) is 24.3 Å². The van der Waals surface area contributed by atoms with Crippen molar-refractivity contribution in [3.05, 3.63) is 29.8 Å². The third kappa shape index (κ3) is 4.84. The molecule has 0 amide bonds. The van der Waals surface area contributed by atoms with Crippen molar-refractivity contribution in [1.29, 1.82) is 0 Å². The third-order valence-corrected chi connectivity index (χ3v) is 2.12. The number of benzene rings is 1. The number of carbonyl (C=O) groups is 1. The molecule has 17 heavy (non-hydrogen) atoms. The number of hydrogen-bond donors (Lipinski definition) is 2. The summed E-state index contributed by atoms with van der Waals surface area (Å²) < 4.78 is 9.70. The molecule has 0 bridgehead atoms. The molecule has 0 radical (unpaired) electrons. The van der Waals surface area contributed by atoms with Crippen molar-refractivity contribution >= 4 is 11.7 Å². The van der Waals surface area contributed by atoms with E-state index in [4.69, 9.17) is 9.84 Å². The van der Waals surface area contributed by atoms with Gasteiger partial charge in [-0.25, -0.2) is 4.79 Å². The number of carbonyl (C=O) groups excluding carboxylic acids is 1. The van der Waals surface area contributed by atoms with E-state index in [2.05, 4.69) is 10.1 Å². The van der Waals surface area contributed by atoms with Gasteiger partial charge in [-0.2, -0.15) is 0 Å². The van der Waals surface area contributed by atoms with Crippen LogP contribution < -0.4 is 5.32 Å². The zero-order chi connectivity index (χ0) is 12.5. The van der Waals surface area contributed by atoms with Crippen molar-refractivity contribution in [2.45, 2.75) is 0 Å². The Bertz CT molecular complexity index is 337. The molecule has 0 aliphatic heterocycles.